The summed E-state index contributed by atoms with van der Waals surface area (Å²) in [7, 11) is 1.86. The van der Waals surface area contributed by atoms with E-state index in [2.05, 4.69) is 34.4 Å². The van der Waals surface area contributed by atoms with Crippen molar-refractivity contribution in [3.63, 3.8) is 0 Å². The van der Waals surface area contributed by atoms with Gasteiger partial charge in [0.15, 0.2) is 11.6 Å². The first-order valence-corrected chi connectivity index (χ1v) is 11.9. The smallest absolute Gasteiger partial charge is 0.207 e. The SMILES string of the molecule is CC(C)N1CCOc2c(F)cc(-c3cn(C)c(Nc4ccc(C5CCNCC5)c(F)c4)n3)cc21. The summed E-state index contributed by atoms with van der Waals surface area (Å²) in [5, 5.41) is 6.53. The van der Waals surface area contributed by atoms with Crippen LogP contribution in [0.25, 0.3) is 11.3 Å². The van der Waals surface area contributed by atoms with Gasteiger partial charge in [-0.25, -0.2) is 13.8 Å². The highest BCUT2D eigenvalue weighted by Gasteiger charge is 2.25. The van der Waals surface area contributed by atoms with Gasteiger partial charge in [-0.1, -0.05) is 6.07 Å². The van der Waals surface area contributed by atoms with Crippen LogP contribution >= 0.6 is 0 Å². The first-order chi connectivity index (χ1) is 16.4. The van der Waals surface area contributed by atoms with Gasteiger partial charge in [0.25, 0.3) is 0 Å². The standard InChI is InChI=1S/C26H31F2N5O/c1-16(2)33-10-11-34-25-22(28)12-18(13-24(25)33)23-15-32(3)26(31-23)30-19-4-5-20(21(27)14-19)17-6-8-29-9-7-17/h4-5,12-17,29H,6-11H2,1-3H3,(H,30,31). The van der Waals surface area contributed by atoms with Gasteiger partial charge in [-0.05, 0) is 75.5 Å². The maximum atomic E-state index is 14.9. The van der Waals surface area contributed by atoms with Crippen LogP contribution in [0.5, 0.6) is 5.75 Å². The van der Waals surface area contributed by atoms with Crippen molar-refractivity contribution < 1.29 is 13.5 Å². The number of rotatable bonds is 5. The number of aryl methyl sites for hydroxylation is 1. The van der Waals surface area contributed by atoms with Crippen molar-refractivity contribution in [3.05, 3.63) is 53.7 Å². The topological polar surface area (TPSA) is 54.4 Å². The van der Waals surface area contributed by atoms with E-state index in [0.717, 1.165) is 37.2 Å². The number of fused-ring (bicyclic) bond motifs is 1. The Bertz CT molecular complexity index is 1190. The second-order valence-corrected chi connectivity index (χ2v) is 9.39. The highest BCUT2D eigenvalue weighted by atomic mass is 19.1. The van der Waals surface area contributed by atoms with Gasteiger partial charge >= 0.3 is 0 Å². The zero-order valence-electron chi connectivity index (χ0n) is 19.9. The molecule has 6 nitrogen and oxygen atoms in total. The molecule has 2 aliphatic heterocycles. The molecule has 0 radical (unpaired) electrons. The molecule has 5 rings (SSSR count). The van der Waals surface area contributed by atoms with Crippen molar-refractivity contribution in [3.8, 4) is 17.0 Å². The van der Waals surface area contributed by atoms with E-state index in [4.69, 9.17) is 4.74 Å². The van der Waals surface area contributed by atoms with Crippen LogP contribution in [0.4, 0.5) is 26.1 Å². The highest BCUT2D eigenvalue weighted by molar-refractivity contribution is 5.73. The van der Waals surface area contributed by atoms with Gasteiger partial charge in [0.2, 0.25) is 5.95 Å². The fourth-order valence-corrected chi connectivity index (χ4v) is 4.91. The molecular formula is C26H31F2N5O. The summed E-state index contributed by atoms with van der Waals surface area (Å²) < 4.78 is 37.2. The van der Waals surface area contributed by atoms with E-state index >= 15 is 0 Å². The van der Waals surface area contributed by atoms with E-state index in [0.29, 0.717) is 41.8 Å². The quantitative estimate of drug-likeness (QED) is 0.541. The Labute approximate surface area is 198 Å². The van der Waals surface area contributed by atoms with Gasteiger partial charge in [0.05, 0.1) is 17.9 Å². The lowest BCUT2D eigenvalue weighted by Gasteiger charge is -2.34. The Hall–Kier alpha value is -3.13. The number of hydrogen-bond acceptors (Lipinski definition) is 5. The third-order valence-electron chi connectivity index (χ3n) is 6.74. The second-order valence-electron chi connectivity index (χ2n) is 9.39. The molecule has 34 heavy (non-hydrogen) atoms. The van der Waals surface area contributed by atoms with Crippen molar-refractivity contribution in [2.75, 3.05) is 36.5 Å². The maximum absolute atomic E-state index is 14.9. The second kappa shape index (κ2) is 9.25. The number of nitrogens with one attached hydrogen (secondary N) is 2. The van der Waals surface area contributed by atoms with Crippen LogP contribution in [-0.2, 0) is 7.05 Å². The fourth-order valence-electron chi connectivity index (χ4n) is 4.91. The lowest BCUT2D eigenvalue weighted by atomic mass is 9.90. The third kappa shape index (κ3) is 4.34. The predicted molar refractivity (Wildman–Crippen MR) is 131 cm³/mol. The normalized spacial score (nSPS) is 16.5. The van der Waals surface area contributed by atoms with Crippen LogP contribution in [0.1, 0.15) is 38.2 Å². The van der Waals surface area contributed by atoms with Gasteiger partial charge in [-0.15, -0.1) is 0 Å². The van der Waals surface area contributed by atoms with E-state index in [-0.39, 0.29) is 17.8 Å². The Balaban J connectivity index is 1.40. The average Bonchev–Trinajstić information content (AvgIpc) is 3.19. The zero-order chi connectivity index (χ0) is 23.8. The van der Waals surface area contributed by atoms with Crippen LogP contribution in [0.2, 0.25) is 0 Å². The molecule has 0 amide bonds. The molecule has 2 aliphatic rings. The zero-order valence-corrected chi connectivity index (χ0v) is 19.9. The summed E-state index contributed by atoms with van der Waals surface area (Å²) in [6.45, 7) is 7.18. The van der Waals surface area contributed by atoms with Gasteiger partial charge in [0, 0.05) is 30.5 Å². The number of anilines is 3. The summed E-state index contributed by atoms with van der Waals surface area (Å²) in [6.07, 6.45) is 3.73. The summed E-state index contributed by atoms with van der Waals surface area (Å²) in [5.41, 5.74) is 3.45. The van der Waals surface area contributed by atoms with Gasteiger partial charge < -0.3 is 24.8 Å². The van der Waals surface area contributed by atoms with E-state index in [1.807, 2.05) is 36.0 Å². The Morgan fingerprint density at radius 2 is 1.91 bits per heavy atom. The molecule has 0 saturated carbocycles. The average molecular weight is 468 g/mol. The van der Waals surface area contributed by atoms with Crippen molar-refractivity contribution in [1.29, 1.82) is 0 Å². The third-order valence-corrected chi connectivity index (χ3v) is 6.74. The molecule has 8 heteroatoms. The van der Waals surface area contributed by atoms with E-state index in [1.54, 1.807) is 0 Å². The molecule has 0 spiro atoms. The molecular weight excluding hydrogens is 436 g/mol. The fraction of sp³-hybridized carbons (Fsp3) is 0.423. The maximum Gasteiger partial charge on any atom is 0.207 e. The predicted octanol–water partition coefficient (Wildman–Crippen LogP) is 5.18. The van der Waals surface area contributed by atoms with Crippen LogP contribution in [0.15, 0.2) is 36.5 Å². The molecule has 0 bridgehead atoms. The molecule has 2 aromatic carbocycles. The minimum Gasteiger partial charge on any atom is -0.486 e. The van der Waals surface area contributed by atoms with Crippen molar-refractivity contribution in [2.45, 2.75) is 38.6 Å². The molecule has 3 aromatic rings. The van der Waals surface area contributed by atoms with Gasteiger partial charge in [0.1, 0.15) is 12.4 Å². The van der Waals surface area contributed by atoms with E-state index < -0.39 is 5.82 Å². The molecule has 0 unspecified atom stereocenters. The first kappa shape index (κ1) is 22.7. The number of ether oxygens (including phenoxy) is 1. The van der Waals surface area contributed by atoms with Crippen molar-refractivity contribution in [2.24, 2.45) is 7.05 Å². The Kier molecular flexibility index (Phi) is 6.16. The number of benzene rings is 2. The minimum atomic E-state index is -0.395. The molecule has 180 valence electrons. The largest absolute Gasteiger partial charge is 0.486 e. The molecule has 0 atom stereocenters. The molecule has 1 fully saturated rings. The first-order valence-electron chi connectivity index (χ1n) is 11.9. The van der Waals surface area contributed by atoms with Crippen molar-refractivity contribution >= 4 is 17.3 Å². The minimum absolute atomic E-state index is 0.197. The van der Waals surface area contributed by atoms with E-state index in [9.17, 15) is 8.78 Å². The number of nitrogens with zero attached hydrogens (tertiary/aromatic N) is 3. The molecule has 3 heterocycles. The number of aromatic nitrogens is 2. The summed E-state index contributed by atoms with van der Waals surface area (Å²) in [6, 6.07) is 8.91. The molecule has 2 N–H and O–H groups in total. The van der Waals surface area contributed by atoms with Crippen LogP contribution in [-0.4, -0.2) is 41.8 Å². The number of imidazole rings is 1. The molecule has 1 aromatic heterocycles. The van der Waals surface area contributed by atoms with Crippen LogP contribution in [0, 0.1) is 11.6 Å². The van der Waals surface area contributed by atoms with E-state index in [1.165, 1.54) is 12.1 Å². The number of piperidine rings is 1. The summed E-state index contributed by atoms with van der Waals surface area (Å²) in [4.78, 5) is 6.81. The lowest BCUT2D eigenvalue weighted by molar-refractivity contribution is 0.287. The Morgan fingerprint density at radius 1 is 1.12 bits per heavy atom. The monoisotopic (exact) mass is 467 g/mol. The highest BCUT2D eigenvalue weighted by Crippen LogP contribution is 2.39. The summed E-state index contributed by atoms with van der Waals surface area (Å²) in [5.74, 6) is 0.509. The molecule has 1 saturated heterocycles. The Morgan fingerprint density at radius 3 is 2.65 bits per heavy atom. The number of hydrogen-bond donors (Lipinski definition) is 2. The number of halogens is 2. The van der Waals surface area contributed by atoms with Crippen LogP contribution < -0.4 is 20.3 Å². The van der Waals surface area contributed by atoms with Crippen LogP contribution in [0.3, 0.4) is 0 Å². The summed E-state index contributed by atoms with van der Waals surface area (Å²) >= 11 is 0. The van der Waals surface area contributed by atoms with Crippen molar-refractivity contribution in [1.82, 2.24) is 14.9 Å². The van der Waals surface area contributed by atoms with Gasteiger partial charge in [-0.2, -0.15) is 0 Å². The molecule has 0 aliphatic carbocycles. The van der Waals surface area contributed by atoms with Gasteiger partial charge in [-0.3, -0.25) is 0 Å². The lowest BCUT2D eigenvalue weighted by Crippen LogP contribution is -2.38.